The monoisotopic (exact) mass is 518 g/mol. The lowest BCUT2D eigenvalue weighted by Crippen LogP contribution is -2.35. The summed E-state index contributed by atoms with van der Waals surface area (Å²) in [5.41, 5.74) is 3.16. The van der Waals surface area contributed by atoms with E-state index in [1.54, 1.807) is 24.3 Å². The van der Waals surface area contributed by atoms with Crippen molar-refractivity contribution in [2.24, 2.45) is 0 Å². The van der Waals surface area contributed by atoms with Crippen LogP contribution in [0.4, 0.5) is 0 Å². The fourth-order valence-electron chi connectivity index (χ4n) is 4.67. The smallest absolute Gasteiger partial charge is 0.295 e. The number of likely N-dealkylation sites (tertiary alicyclic amines) is 1. The number of nitrogens with zero attached hydrogens (tertiary/aromatic N) is 4. The molecule has 1 aromatic carbocycles. The second-order valence-corrected chi connectivity index (χ2v) is 9.47. The number of carbonyl (C=O) groups is 2. The summed E-state index contributed by atoms with van der Waals surface area (Å²) in [6, 6.07) is 8.29. The summed E-state index contributed by atoms with van der Waals surface area (Å²) in [5, 5.41) is 11.6. The Bertz CT molecular complexity index is 1420. The number of imidazole rings is 1. The van der Waals surface area contributed by atoms with Crippen LogP contribution in [-0.2, 0) is 9.59 Å². The average molecular weight is 519 g/mol. The van der Waals surface area contributed by atoms with Crippen LogP contribution in [0, 0.1) is 13.8 Å². The zero-order valence-electron chi connectivity index (χ0n) is 22.5. The molecule has 9 nitrogen and oxygen atoms in total. The normalized spacial score (nSPS) is 17.0. The molecule has 0 bridgehead atoms. The third kappa shape index (κ3) is 4.89. The lowest BCUT2D eigenvalue weighted by Gasteiger charge is -2.27. The van der Waals surface area contributed by atoms with Crippen LogP contribution in [0.15, 0.2) is 54.8 Å². The minimum atomic E-state index is -0.826. The van der Waals surface area contributed by atoms with Gasteiger partial charge in [0.1, 0.15) is 17.9 Å². The van der Waals surface area contributed by atoms with Gasteiger partial charge in [-0.05, 0) is 64.2 Å². The van der Waals surface area contributed by atoms with Crippen molar-refractivity contribution in [1.82, 2.24) is 19.2 Å². The number of aryl methyl sites for hydroxylation is 2. The van der Waals surface area contributed by atoms with Crippen LogP contribution in [-0.4, -0.2) is 76.4 Å². The fraction of sp³-hybridized carbons (Fsp3) is 0.345. The molecule has 38 heavy (non-hydrogen) atoms. The zero-order valence-corrected chi connectivity index (χ0v) is 22.5. The maximum Gasteiger partial charge on any atom is 0.295 e. The number of fused-ring (bicyclic) bond motifs is 1. The number of carbonyl (C=O) groups excluding carboxylic acids is 2. The zero-order chi connectivity index (χ0) is 27.6. The van der Waals surface area contributed by atoms with E-state index in [0.717, 1.165) is 5.56 Å². The molecule has 1 unspecified atom stereocenters. The third-order valence-electron chi connectivity index (χ3n) is 6.58. The van der Waals surface area contributed by atoms with Crippen molar-refractivity contribution in [3.63, 3.8) is 0 Å². The number of Topliss-reactive ketones (excluding diaryl/α,β-unsaturated/α-hetero) is 1. The number of aliphatic hydroxyl groups excluding tert-OH is 1. The number of ketones is 1. The second kappa shape index (κ2) is 11.1. The number of hydrogen-bond acceptors (Lipinski definition) is 7. The molecule has 1 aliphatic heterocycles. The molecule has 0 saturated carbocycles. The highest BCUT2D eigenvalue weighted by atomic mass is 16.5. The number of ether oxygens (including phenoxy) is 2. The van der Waals surface area contributed by atoms with E-state index in [1.807, 2.05) is 62.5 Å². The molecule has 1 N–H and O–H groups in total. The molecule has 1 aliphatic rings. The van der Waals surface area contributed by atoms with Crippen LogP contribution in [0.25, 0.3) is 11.4 Å². The standard InChI is InChI=1S/C29H34N4O5/c1-7-16-38-21-12-11-20(17-22(21)37-8-2)25-23(27(35)29(36)33(25)15-14-31(5)6)26(34)24-19(4)32-13-9-10-18(3)28(32)30-24/h7,9-13,17,25,34H,1,8,14-16H2,2-6H3. The number of benzene rings is 1. The molecule has 9 heteroatoms. The fourth-order valence-corrected chi connectivity index (χ4v) is 4.67. The van der Waals surface area contributed by atoms with E-state index in [9.17, 15) is 14.7 Å². The van der Waals surface area contributed by atoms with Crippen molar-refractivity contribution >= 4 is 23.1 Å². The van der Waals surface area contributed by atoms with Gasteiger partial charge in [0.2, 0.25) is 0 Å². The number of aromatic nitrogens is 2. The summed E-state index contributed by atoms with van der Waals surface area (Å²) in [5.74, 6) is -0.714. The summed E-state index contributed by atoms with van der Waals surface area (Å²) in [4.78, 5) is 34.8. The molecule has 0 spiro atoms. The summed E-state index contributed by atoms with van der Waals surface area (Å²) in [7, 11) is 3.79. The number of rotatable bonds is 10. The minimum Gasteiger partial charge on any atom is -0.505 e. The van der Waals surface area contributed by atoms with Crippen LogP contribution in [0.3, 0.4) is 0 Å². The Morgan fingerprint density at radius 3 is 2.61 bits per heavy atom. The quantitative estimate of drug-likeness (QED) is 0.188. The molecular formula is C29H34N4O5. The molecule has 1 amide bonds. The largest absolute Gasteiger partial charge is 0.505 e. The van der Waals surface area contributed by atoms with Crippen LogP contribution in [0.1, 0.15) is 35.5 Å². The highest BCUT2D eigenvalue weighted by Gasteiger charge is 2.46. The Hall–Kier alpha value is -4.11. The summed E-state index contributed by atoms with van der Waals surface area (Å²) < 4.78 is 13.4. The van der Waals surface area contributed by atoms with Crippen LogP contribution >= 0.6 is 0 Å². The van der Waals surface area contributed by atoms with Crippen molar-refractivity contribution in [2.45, 2.75) is 26.8 Å². The number of amides is 1. The van der Waals surface area contributed by atoms with Gasteiger partial charge in [0.25, 0.3) is 11.7 Å². The van der Waals surface area contributed by atoms with Crippen molar-refractivity contribution in [1.29, 1.82) is 0 Å². The predicted molar refractivity (Wildman–Crippen MR) is 146 cm³/mol. The van der Waals surface area contributed by atoms with Crippen LogP contribution < -0.4 is 9.47 Å². The van der Waals surface area contributed by atoms with Crippen molar-refractivity contribution < 1.29 is 24.2 Å². The Balaban J connectivity index is 1.91. The predicted octanol–water partition coefficient (Wildman–Crippen LogP) is 3.90. The van der Waals surface area contributed by atoms with Crippen LogP contribution in [0.5, 0.6) is 11.5 Å². The van der Waals surface area contributed by atoms with Gasteiger partial charge in [0, 0.05) is 19.3 Å². The third-order valence-corrected chi connectivity index (χ3v) is 6.58. The van der Waals surface area contributed by atoms with Gasteiger partial charge in [-0.3, -0.25) is 9.59 Å². The molecule has 0 radical (unpaired) electrons. The highest BCUT2D eigenvalue weighted by Crippen LogP contribution is 2.42. The van der Waals surface area contributed by atoms with E-state index in [0.29, 0.717) is 54.7 Å². The first-order valence-electron chi connectivity index (χ1n) is 12.6. The maximum atomic E-state index is 13.4. The van der Waals surface area contributed by atoms with E-state index in [-0.39, 0.29) is 17.0 Å². The van der Waals surface area contributed by atoms with Gasteiger partial charge < -0.3 is 28.8 Å². The number of pyridine rings is 1. The summed E-state index contributed by atoms with van der Waals surface area (Å²) >= 11 is 0. The van der Waals surface area contributed by atoms with Crippen molar-refractivity contribution in [2.75, 3.05) is 40.4 Å². The second-order valence-electron chi connectivity index (χ2n) is 9.47. The summed E-state index contributed by atoms with van der Waals surface area (Å²) in [6.45, 7) is 10.8. The minimum absolute atomic E-state index is 0.000115. The molecule has 200 valence electrons. The number of aliphatic hydroxyl groups is 1. The lowest BCUT2D eigenvalue weighted by atomic mass is 9.96. The van der Waals surface area contributed by atoms with Crippen molar-refractivity contribution in [3.05, 3.63) is 77.3 Å². The first kappa shape index (κ1) is 26.9. The van der Waals surface area contributed by atoms with Crippen molar-refractivity contribution in [3.8, 4) is 11.5 Å². The molecule has 1 saturated heterocycles. The van der Waals surface area contributed by atoms with Crippen LogP contribution in [0.2, 0.25) is 0 Å². The molecule has 0 aliphatic carbocycles. The summed E-state index contributed by atoms with van der Waals surface area (Å²) in [6.07, 6.45) is 3.49. The van der Waals surface area contributed by atoms with E-state index < -0.39 is 17.7 Å². The average Bonchev–Trinajstić information content (AvgIpc) is 3.36. The van der Waals surface area contributed by atoms with E-state index in [2.05, 4.69) is 11.6 Å². The molecule has 1 fully saturated rings. The van der Waals surface area contributed by atoms with Gasteiger partial charge in [0.05, 0.1) is 23.9 Å². The first-order valence-corrected chi connectivity index (χ1v) is 12.6. The van der Waals surface area contributed by atoms with Gasteiger partial charge in [-0.1, -0.05) is 24.8 Å². The Kier molecular flexibility index (Phi) is 7.87. The number of hydrogen-bond donors (Lipinski definition) is 1. The Morgan fingerprint density at radius 1 is 1.18 bits per heavy atom. The topological polar surface area (TPSA) is 96.6 Å². The lowest BCUT2D eigenvalue weighted by molar-refractivity contribution is -0.140. The molecule has 4 rings (SSSR count). The Morgan fingerprint density at radius 2 is 1.95 bits per heavy atom. The van der Waals surface area contributed by atoms with Gasteiger partial charge in [0.15, 0.2) is 17.3 Å². The van der Waals surface area contributed by atoms with Gasteiger partial charge in [-0.25, -0.2) is 4.98 Å². The maximum absolute atomic E-state index is 13.4. The molecule has 3 aromatic rings. The molecular weight excluding hydrogens is 484 g/mol. The first-order chi connectivity index (χ1) is 18.2. The van der Waals surface area contributed by atoms with Gasteiger partial charge in [-0.2, -0.15) is 0 Å². The number of likely N-dealkylation sites (N-methyl/N-ethyl adjacent to an activating group) is 1. The Labute approximate surface area is 222 Å². The van der Waals surface area contributed by atoms with E-state index in [1.165, 1.54) is 4.90 Å². The van der Waals surface area contributed by atoms with Gasteiger partial charge >= 0.3 is 0 Å². The van der Waals surface area contributed by atoms with E-state index >= 15 is 0 Å². The molecule has 3 heterocycles. The van der Waals surface area contributed by atoms with Gasteiger partial charge in [-0.15, -0.1) is 0 Å². The highest BCUT2D eigenvalue weighted by molar-refractivity contribution is 6.46. The molecule has 1 atom stereocenters. The van der Waals surface area contributed by atoms with E-state index in [4.69, 9.17) is 9.47 Å². The molecule has 2 aromatic heterocycles. The SMILES string of the molecule is C=CCOc1ccc(C2C(=C(O)c3nc4c(C)cccn4c3C)C(=O)C(=O)N2CCN(C)C)cc1OCC.